The van der Waals surface area contributed by atoms with Crippen LogP contribution in [0.1, 0.15) is 13.3 Å². The Morgan fingerprint density at radius 3 is 2.88 bits per heavy atom. The normalized spacial score (nSPS) is 22.9. The molecule has 2 heterocycles. The third-order valence-corrected chi connectivity index (χ3v) is 3.32. The first kappa shape index (κ1) is 12.3. The Bertz CT molecular complexity index is 341. The molecular formula is C13H21N3O. The van der Waals surface area contributed by atoms with E-state index in [0.717, 1.165) is 51.5 Å². The van der Waals surface area contributed by atoms with E-state index in [9.17, 15) is 0 Å². The molecule has 17 heavy (non-hydrogen) atoms. The van der Waals surface area contributed by atoms with E-state index >= 15 is 0 Å². The highest BCUT2D eigenvalue weighted by Crippen LogP contribution is 2.25. The van der Waals surface area contributed by atoms with Gasteiger partial charge < -0.3 is 15.0 Å². The number of ether oxygens (including phenoxy) is 1. The minimum absolute atomic E-state index is 0.819. The lowest BCUT2D eigenvalue weighted by Crippen LogP contribution is -2.37. The molecule has 0 radical (unpaired) electrons. The maximum atomic E-state index is 5.40. The van der Waals surface area contributed by atoms with Crippen molar-refractivity contribution in [3.05, 3.63) is 23.0 Å². The van der Waals surface area contributed by atoms with Gasteiger partial charge in [-0.05, 0) is 32.2 Å². The van der Waals surface area contributed by atoms with Gasteiger partial charge in [0.25, 0.3) is 0 Å². The highest BCUT2D eigenvalue weighted by Gasteiger charge is 2.20. The molecule has 2 aliphatic heterocycles. The number of morpholine rings is 1. The average Bonchev–Trinajstić information content (AvgIpc) is 2.41. The highest BCUT2D eigenvalue weighted by atomic mass is 16.5. The molecule has 94 valence electrons. The van der Waals surface area contributed by atoms with Gasteiger partial charge in [-0.15, -0.1) is 0 Å². The van der Waals surface area contributed by atoms with Crippen molar-refractivity contribution in [2.45, 2.75) is 13.3 Å². The Morgan fingerprint density at radius 2 is 2.24 bits per heavy atom. The molecule has 0 atom stereocenters. The summed E-state index contributed by atoms with van der Waals surface area (Å²) in [6.45, 7) is 11.2. The third-order valence-electron chi connectivity index (χ3n) is 3.32. The fourth-order valence-corrected chi connectivity index (χ4v) is 2.45. The van der Waals surface area contributed by atoms with Gasteiger partial charge in [0.2, 0.25) is 0 Å². The molecule has 2 aliphatic rings. The number of nitrogens with zero attached hydrogens (tertiary/aromatic N) is 2. The Balaban J connectivity index is 2.21. The summed E-state index contributed by atoms with van der Waals surface area (Å²) in [5.41, 5.74) is 3.76. The summed E-state index contributed by atoms with van der Waals surface area (Å²) in [5, 5.41) is 3.34. The molecule has 0 amide bonds. The molecule has 1 fully saturated rings. The highest BCUT2D eigenvalue weighted by molar-refractivity contribution is 5.40. The van der Waals surface area contributed by atoms with Gasteiger partial charge in [-0.3, -0.25) is 4.99 Å². The molecule has 0 spiro atoms. The van der Waals surface area contributed by atoms with E-state index in [1.807, 2.05) is 0 Å². The van der Waals surface area contributed by atoms with Crippen molar-refractivity contribution in [3.8, 4) is 0 Å². The Labute approximate surface area is 103 Å². The van der Waals surface area contributed by atoms with Gasteiger partial charge in [0, 0.05) is 25.3 Å². The lowest BCUT2D eigenvalue weighted by Gasteiger charge is -2.34. The second-order valence-electron chi connectivity index (χ2n) is 4.28. The summed E-state index contributed by atoms with van der Waals surface area (Å²) < 4.78 is 5.40. The number of allylic oxidation sites excluding steroid dienone is 2. The quantitative estimate of drug-likeness (QED) is 0.746. The van der Waals surface area contributed by atoms with Crippen LogP contribution in [0.5, 0.6) is 0 Å². The first-order chi connectivity index (χ1) is 8.36. The number of hydrogen-bond acceptors (Lipinski definition) is 4. The summed E-state index contributed by atoms with van der Waals surface area (Å²) in [7, 11) is 0. The Hall–Kier alpha value is -1.13. The summed E-state index contributed by atoms with van der Waals surface area (Å²) in [6, 6.07) is 0. The van der Waals surface area contributed by atoms with Gasteiger partial charge in [-0.1, -0.05) is 6.08 Å². The van der Waals surface area contributed by atoms with Crippen molar-refractivity contribution in [2.24, 2.45) is 4.99 Å². The molecule has 0 unspecified atom stereocenters. The van der Waals surface area contributed by atoms with Crippen LogP contribution in [0.4, 0.5) is 0 Å². The number of hydrogen-bond donors (Lipinski definition) is 1. The monoisotopic (exact) mass is 235 g/mol. The minimum Gasteiger partial charge on any atom is -0.378 e. The smallest absolute Gasteiger partial charge is 0.0642 e. The van der Waals surface area contributed by atoms with Gasteiger partial charge in [-0.2, -0.15) is 0 Å². The standard InChI is InChI=1S/C13H21N3O/c1-3-13(16-6-8-17-9-7-16)11-4-5-15-10-12(11)14-2/h3,15H,2,4-10H2,1H3/b13-3+. The molecule has 1 saturated heterocycles. The van der Waals surface area contributed by atoms with Crippen LogP contribution in [-0.2, 0) is 4.74 Å². The molecule has 1 N–H and O–H groups in total. The van der Waals surface area contributed by atoms with E-state index in [1.165, 1.54) is 11.3 Å². The maximum absolute atomic E-state index is 5.40. The van der Waals surface area contributed by atoms with E-state index in [4.69, 9.17) is 4.74 Å². The minimum atomic E-state index is 0.819. The van der Waals surface area contributed by atoms with E-state index < -0.39 is 0 Å². The zero-order valence-corrected chi connectivity index (χ0v) is 10.5. The predicted molar refractivity (Wildman–Crippen MR) is 70.2 cm³/mol. The fourth-order valence-electron chi connectivity index (χ4n) is 2.45. The van der Waals surface area contributed by atoms with E-state index in [2.05, 4.69) is 34.9 Å². The molecule has 0 aromatic rings. The average molecular weight is 235 g/mol. The second kappa shape index (κ2) is 5.98. The van der Waals surface area contributed by atoms with Crippen molar-refractivity contribution >= 4 is 6.72 Å². The molecule has 0 saturated carbocycles. The van der Waals surface area contributed by atoms with E-state index in [-0.39, 0.29) is 0 Å². The predicted octanol–water partition coefficient (Wildman–Crippen LogP) is 1.17. The molecule has 0 aromatic carbocycles. The largest absolute Gasteiger partial charge is 0.378 e. The third kappa shape index (κ3) is 2.76. The molecule has 4 heteroatoms. The van der Waals surface area contributed by atoms with Gasteiger partial charge in [-0.25, -0.2) is 0 Å². The van der Waals surface area contributed by atoms with Crippen LogP contribution in [0.15, 0.2) is 28.0 Å². The van der Waals surface area contributed by atoms with Crippen LogP contribution in [-0.4, -0.2) is 51.0 Å². The number of rotatable bonds is 3. The lowest BCUT2D eigenvalue weighted by atomic mass is 10.0. The maximum Gasteiger partial charge on any atom is 0.0642 e. The summed E-state index contributed by atoms with van der Waals surface area (Å²) >= 11 is 0. The van der Waals surface area contributed by atoms with Crippen LogP contribution in [0, 0.1) is 0 Å². The first-order valence-electron chi connectivity index (χ1n) is 6.25. The SMILES string of the molecule is C=NC1=C(/C(=C\C)N2CCOCC2)CCNC1. The van der Waals surface area contributed by atoms with Crippen LogP contribution in [0.25, 0.3) is 0 Å². The van der Waals surface area contributed by atoms with Crippen molar-refractivity contribution in [2.75, 3.05) is 39.4 Å². The van der Waals surface area contributed by atoms with Crippen LogP contribution < -0.4 is 5.32 Å². The molecule has 4 nitrogen and oxygen atoms in total. The van der Waals surface area contributed by atoms with Crippen LogP contribution in [0.2, 0.25) is 0 Å². The Kier molecular flexibility index (Phi) is 4.34. The molecular weight excluding hydrogens is 214 g/mol. The van der Waals surface area contributed by atoms with Crippen molar-refractivity contribution < 1.29 is 4.74 Å². The van der Waals surface area contributed by atoms with E-state index in [1.54, 1.807) is 0 Å². The summed E-state index contributed by atoms with van der Waals surface area (Å²) in [5.74, 6) is 0. The van der Waals surface area contributed by atoms with Gasteiger partial charge in [0.1, 0.15) is 0 Å². The molecule has 0 aliphatic carbocycles. The molecule has 2 rings (SSSR count). The van der Waals surface area contributed by atoms with Crippen molar-refractivity contribution in [3.63, 3.8) is 0 Å². The summed E-state index contributed by atoms with van der Waals surface area (Å²) in [4.78, 5) is 6.56. The zero-order valence-electron chi connectivity index (χ0n) is 10.5. The number of aliphatic imine (C=N–C) groups is 1. The summed E-state index contributed by atoms with van der Waals surface area (Å²) in [6.07, 6.45) is 3.22. The second-order valence-corrected chi connectivity index (χ2v) is 4.28. The lowest BCUT2D eigenvalue weighted by molar-refractivity contribution is 0.0543. The van der Waals surface area contributed by atoms with Gasteiger partial charge in [0.05, 0.1) is 18.9 Å². The van der Waals surface area contributed by atoms with Crippen molar-refractivity contribution in [1.82, 2.24) is 10.2 Å². The first-order valence-corrected chi connectivity index (χ1v) is 6.25. The number of nitrogens with one attached hydrogen (secondary N) is 1. The van der Waals surface area contributed by atoms with Crippen molar-refractivity contribution in [1.29, 1.82) is 0 Å². The molecule has 0 bridgehead atoms. The van der Waals surface area contributed by atoms with Gasteiger partial charge in [0.15, 0.2) is 0 Å². The van der Waals surface area contributed by atoms with Crippen LogP contribution >= 0.6 is 0 Å². The Morgan fingerprint density at radius 1 is 1.47 bits per heavy atom. The van der Waals surface area contributed by atoms with Crippen LogP contribution in [0.3, 0.4) is 0 Å². The van der Waals surface area contributed by atoms with E-state index in [0.29, 0.717) is 0 Å². The zero-order chi connectivity index (χ0) is 12.1. The van der Waals surface area contributed by atoms with Gasteiger partial charge >= 0.3 is 0 Å². The topological polar surface area (TPSA) is 36.9 Å². The molecule has 0 aromatic heterocycles. The fraction of sp³-hybridized carbons (Fsp3) is 0.615.